The van der Waals surface area contributed by atoms with Crippen LogP contribution in [0.2, 0.25) is 0 Å². The van der Waals surface area contributed by atoms with Crippen molar-refractivity contribution in [3.05, 3.63) is 69.8 Å². The molecule has 0 N–H and O–H groups in total. The van der Waals surface area contributed by atoms with Crippen LogP contribution in [0.1, 0.15) is 93.5 Å². The third-order valence-corrected chi connectivity index (χ3v) is 10.1. The summed E-state index contributed by atoms with van der Waals surface area (Å²) in [5.41, 5.74) is 5.74. The first-order valence-electron chi connectivity index (χ1n) is 13.1. The Hall–Kier alpha value is -2.07. The van der Waals surface area contributed by atoms with Crippen molar-refractivity contribution in [3.8, 4) is 0 Å². The summed E-state index contributed by atoms with van der Waals surface area (Å²) in [6.07, 6.45) is 9.49. The van der Waals surface area contributed by atoms with Crippen molar-refractivity contribution in [2.24, 2.45) is 17.3 Å². The van der Waals surface area contributed by atoms with Gasteiger partial charge in [0.15, 0.2) is 5.78 Å². The van der Waals surface area contributed by atoms with Gasteiger partial charge in [0.05, 0.1) is 6.61 Å². The highest BCUT2D eigenvalue weighted by Gasteiger charge is 2.67. The van der Waals surface area contributed by atoms with E-state index in [0.29, 0.717) is 31.3 Å². The first-order valence-corrected chi connectivity index (χ1v) is 13.1. The van der Waals surface area contributed by atoms with Gasteiger partial charge in [0.2, 0.25) is 0 Å². The molecule has 1 aliphatic heterocycles. The van der Waals surface area contributed by atoms with Crippen molar-refractivity contribution in [1.82, 2.24) is 0 Å². The second-order valence-corrected chi connectivity index (χ2v) is 11.4. The lowest BCUT2D eigenvalue weighted by Gasteiger charge is -2.55. The van der Waals surface area contributed by atoms with Crippen molar-refractivity contribution in [2.45, 2.75) is 83.2 Å². The molecule has 2 saturated carbocycles. The van der Waals surface area contributed by atoms with Crippen molar-refractivity contribution in [2.75, 3.05) is 6.61 Å². The van der Waals surface area contributed by atoms with Crippen LogP contribution in [0, 0.1) is 17.3 Å². The van der Waals surface area contributed by atoms with E-state index in [0.717, 1.165) is 44.1 Å². The lowest BCUT2D eigenvalue weighted by Crippen LogP contribution is -2.52. The molecule has 5 atom stereocenters. The van der Waals surface area contributed by atoms with Crippen molar-refractivity contribution >= 4 is 5.78 Å². The molecule has 0 amide bonds. The van der Waals surface area contributed by atoms with Crippen LogP contribution in [-0.2, 0) is 4.74 Å². The van der Waals surface area contributed by atoms with Gasteiger partial charge in [-0.3, -0.25) is 4.79 Å². The Kier molecular flexibility index (Phi) is 5.26. The van der Waals surface area contributed by atoms with E-state index in [4.69, 9.17) is 4.74 Å². The summed E-state index contributed by atoms with van der Waals surface area (Å²) in [5, 5.41) is 0. The maximum Gasteiger partial charge on any atom is 0.272 e. The molecule has 1 heterocycles. The molecule has 6 rings (SSSR count). The summed E-state index contributed by atoms with van der Waals surface area (Å²) in [6.45, 7) is 4.25. The van der Waals surface area contributed by atoms with Gasteiger partial charge in [-0.1, -0.05) is 42.8 Å². The first-order chi connectivity index (χ1) is 16.4. The number of benzene rings is 1. The number of carbonyl (C=O) groups is 1. The fourth-order valence-corrected chi connectivity index (χ4v) is 8.60. The Balaban J connectivity index is 1.52. The van der Waals surface area contributed by atoms with Crippen LogP contribution in [0.3, 0.4) is 0 Å². The van der Waals surface area contributed by atoms with E-state index in [1.165, 1.54) is 17.6 Å². The van der Waals surface area contributed by atoms with Gasteiger partial charge in [-0.05, 0) is 86.8 Å². The van der Waals surface area contributed by atoms with Gasteiger partial charge in [-0.25, -0.2) is 0 Å². The molecule has 1 aromatic carbocycles. The van der Waals surface area contributed by atoms with Crippen LogP contribution in [0.4, 0.5) is 8.78 Å². The van der Waals surface area contributed by atoms with Gasteiger partial charge in [-0.2, -0.15) is 8.78 Å². The van der Waals surface area contributed by atoms with Gasteiger partial charge in [0, 0.05) is 28.9 Å². The topological polar surface area (TPSA) is 26.3 Å². The summed E-state index contributed by atoms with van der Waals surface area (Å²) in [6, 6.07) is 8.10. The second-order valence-electron chi connectivity index (χ2n) is 11.4. The minimum absolute atomic E-state index is 0.0691. The minimum atomic E-state index is -1.52. The Morgan fingerprint density at radius 1 is 1.09 bits per heavy atom. The molecular weight excluding hydrogens is 430 g/mol. The number of hydrogen-bond donors (Lipinski definition) is 0. The quantitative estimate of drug-likeness (QED) is 0.416. The molecule has 0 unspecified atom stereocenters. The summed E-state index contributed by atoms with van der Waals surface area (Å²) in [4.78, 5) is 11.9. The van der Waals surface area contributed by atoms with Crippen LogP contribution in [0.15, 0.2) is 58.7 Å². The average Bonchev–Trinajstić information content (AvgIpc) is 3.41. The number of fused-ring (bicyclic) bond motifs is 5. The smallest absolute Gasteiger partial charge is 0.272 e. The molecule has 4 heteroatoms. The molecule has 180 valence electrons. The first kappa shape index (κ1) is 22.4. The normalized spacial score (nSPS) is 36.8. The number of hydrogen-bond acceptors (Lipinski definition) is 2. The van der Waals surface area contributed by atoms with Crippen molar-refractivity contribution in [1.29, 1.82) is 0 Å². The van der Waals surface area contributed by atoms with E-state index < -0.39 is 11.7 Å². The molecule has 1 spiro atoms. The zero-order valence-electron chi connectivity index (χ0n) is 20.3. The molecule has 0 aromatic heterocycles. The number of Topliss-reactive ketones (excluding diaryl/α,β-unsaturated/α-hetero) is 1. The predicted octanol–water partition coefficient (Wildman–Crippen LogP) is 7.92. The summed E-state index contributed by atoms with van der Waals surface area (Å²) in [5.74, 6) is 1.05. The van der Waals surface area contributed by atoms with Crippen LogP contribution < -0.4 is 0 Å². The van der Waals surface area contributed by atoms with Crippen LogP contribution in [0.5, 0.6) is 0 Å². The number of halogens is 2. The fourth-order valence-electron chi connectivity index (χ4n) is 8.60. The molecule has 2 nitrogen and oxygen atoms in total. The lowest BCUT2D eigenvalue weighted by molar-refractivity contribution is -0.0892. The summed E-state index contributed by atoms with van der Waals surface area (Å²) >= 11 is 0. The molecule has 4 aliphatic carbocycles. The third-order valence-electron chi connectivity index (χ3n) is 10.1. The van der Waals surface area contributed by atoms with Gasteiger partial charge in [-0.15, -0.1) is 0 Å². The summed E-state index contributed by atoms with van der Waals surface area (Å²) < 4.78 is 34.8. The Labute approximate surface area is 201 Å². The number of ether oxygens (including phenoxy) is 1. The van der Waals surface area contributed by atoms with Gasteiger partial charge >= 0.3 is 0 Å². The maximum absolute atomic E-state index is 14.2. The molecular formula is C30H34F2O2. The fraction of sp³-hybridized carbons (Fsp3) is 0.567. The number of carbonyl (C=O) groups excluding carboxylic acids is 1. The van der Waals surface area contributed by atoms with E-state index in [1.807, 2.05) is 12.1 Å². The highest BCUT2D eigenvalue weighted by Crippen LogP contribution is 2.70. The minimum Gasteiger partial charge on any atom is -0.370 e. The standard InChI is InChI=1S/C30H34F2O2/c1-18(33)19-7-9-21(10-8-19)24-17-29(2)25(13-15-30(29)26(28(31)32)14-16-34-30)23-12-11-20-5-3-4-6-22(20)27(23)24/h5,7-10,23-25H,3-4,6,11-17H2,1-2H3/t23-,24+,25-,29-,30-/m0/s1. The van der Waals surface area contributed by atoms with Crippen LogP contribution in [0.25, 0.3) is 0 Å². The van der Waals surface area contributed by atoms with Gasteiger partial charge < -0.3 is 4.74 Å². The highest BCUT2D eigenvalue weighted by atomic mass is 19.3. The van der Waals surface area contributed by atoms with E-state index in [1.54, 1.807) is 18.1 Å². The second kappa shape index (κ2) is 7.98. The Morgan fingerprint density at radius 2 is 1.88 bits per heavy atom. The van der Waals surface area contributed by atoms with Crippen molar-refractivity contribution in [3.63, 3.8) is 0 Å². The van der Waals surface area contributed by atoms with Crippen LogP contribution >= 0.6 is 0 Å². The maximum atomic E-state index is 14.2. The summed E-state index contributed by atoms with van der Waals surface area (Å²) in [7, 11) is 0. The highest BCUT2D eigenvalue weighted by molar-refractivity contribution is 5.94. The van der Waals surface area contributed by atoms with E-state index >= 15 is 0 Å². The number of ketones is 1. The molecule has 1 aromatic rings. The molecule has 3 fully saturated rings. The molecule has 0 radical (unpaired) electrons. The molecule has 5 aliphatic rings. The van der Waals surface area contributed by atoms with E-state index in [-0.39, 0.29) is 22.7 Å². The largest absolute Gasteiger partial charge is 0.370 e. The Morgan fingerprint density at radius 3 is 2.62 bits per heavy atom. The molecule has 34 heavy (non-hydrogen) atoms. The monoisotopic (exact) mass is 464 g/mol. The molecule has 0 bridgehead atoms. The average molecular weight is 465 g/mol. The van der Waals surface area contributed by atoms with Crippen molar-refractivity contribution < 1.29 is 18.3 Å². The van der Waals surface area contributed by atoms with E-state index in [9.17, 15) is 13.6 Å². The predicted molar refractivity (Wildman–Crippen MR) is 129 cm³/mol. The van der Waals surface area contributed by atoms with Gasteiger partial charge in [0.25, 0.3) is 6.08 Å². The van der Waals surface area contributed by atoms with Crippen LogP contribution in [-0.4, -0.2) is 18.0 Å². The van der Waals surface area contributed by atoms with Gasteiger partial charge in [0.1, 0.15) is 5.60 Å². The van der Waals surface area contributed by atoms with E-state index in [2.05, 4.69) is 25.1 Å². The zero-order valence-corrected chi connectivity index (χ0v) is 20.3. The zero-order chi connectivity index (χ0) is 23.7. The number of allylic oxidation sites excluding steroid dienone is 4. The lowest BCUT2D eigenvalue weighted by atomic mass is 9.50. The Bertz CT molecular complexity index is 1120. The SMILES string of the molecule is CC(=O)c1ccc([C@H]2C[C@@]3(C)[C@@H](CC[C@@]34OCCC4=C(F)F)[C@@H]3CCC4=CCCCC4=C32)cc1. The third kappa shape index (κ3) is 3.03. The molecule has 1 saturated heterocycles. The number of rotatable bonds is 2.